The quantitative estimate of drug-likeness (QED) is 0.837. The number of amides is 1. The van der Waals surface area contributed by atoms with E-state index in [0.717, 1.165) is 18.5 Å². The van der Waals surface area contributed by atoms with E-state index in [1.165, 1.54) is 17.5 Å². The number of aliphatic carboxylic acids is 1. The molecule has 0 aliphatic heterocycles. The number of carboxylic acids is 1. The number of carbonyl (C=O) groups is 2. The second-order valence-electron chi connectivity index (χ2n) is 5.82. The predicted molar refractivity (Wildman–Crippen MR) is 81.4 cm³/mol. The van der Waals surface area contributed by atoms with Crippen molar-refractivity contribution in [1.29, 1.82) is 0 Å². The molecule has 1 aliphatic rings. The number of nitrogens with one attached hydrogen (secondary N) is 1. The van der Waals surface area contributed by atoms with E-state index < -0.39 is 11.9 Å². The molecule has 5 nitrogen and oxygen atoms in total. The minimum absolute atomic E-state index is 0.118. The Morgan fingerprint density at radius 3 is 2.76 bits per heavy atom. The van der Waals surface area contributed by atoms with Gasteiger partial charge in [-0.25, -0.2) is 0 Å². The molecular weight excluding hydrogens is 268 g/mol. The Labute approximate surface area is 125 Å². The predicted octanol–water partition coefficient (Wildman–Crippen LogP) is 1.77. The molecule has 0 saturated carbocycles. The number of hydrogen-bond donors (Lipinski definition) is 2. The van der Waals surface area contributed by atoms with Gasteiger partial charge in [-0.3, -0.25) is 14.5 Å². The van der Waals surface area contributed by atoms with Gasteiger partial charge in [-0.15, -0.1) is 0 Å². The van der Waals surface area contributed by atoms with Gasteiger partial charge in [0.15, 0.2) is 0 Å². The first-order chi connectivity index (χ1) is 9.95. The lowest BCUT2D eigenvalue weighted by Gasteiger charge is -2.18. The zero-order valence-corrected chi connectivity index (χ0v) is 12.6. The maximum absolute atomic E-state index is 12.0. The van der Waals surface area contributed by atoms with Crippen LogP contribution in [0.1, 0.15) is 24.5 Å². The molecule has 0 heterocycles. The van der Waals surface area contributed by atoms with Gasteiger partial charge in [0.2, 0.25) is 5.91 Å². The molecule has 2 N–H and O–H groups in total. The molecule has 0 saturated heterocycles. The zero-order valence-electron chi connectivity index (χ0n) is 12.6. The number of nitrogens with zero attached hydrogens (tertiary/aromatic N) is 1. The third-order valence-electron chi connectivity index (χ3n) is 3.80. The van der Waals surface area contributed by atoms with Gasteiger partial charge >= 0.3 is 5.97 Å². The minimum Gasteiger partial charge on any atom is -0.481 e. The average molecular weight is 290 g/mol. The summed E-state index contributed by atoms with van der Waals surface area (Å²) >= 11 is 0. The summed E-state index contributed by atoms with van der Waals surface area (Å²) in [7, 11) is 1.75. The van der Waals surface area contributed by atoms with E-state index in [1.54, 1.807) is 18.9 Å². The number of carbonyl (C=O) groups excluding carboxylic acids is 1. The molecule has 0 aromatic heterocycles. The van der Waals surface area contributed by atoms with Crippen LogP contribution in [0.5, 0.6) is 0 Å². The molecule has 2 rings (SSSR count). The van der Waals surface area contributed by atoms with Crippen molar-refractivity contribution in [2.75, 3.05) is 25.5 Å². The van der Waals surface area contributed by atoms with Gasteiger partial charge in [0.25, 0.3) is 0 Å². The second kappa shape index (κ2) is 6.72. The standard InChI is InChI=1S/C16H22N2O3/c1-11(16(20)21)9-18(2)10-15(19)17-14-7-6-12-4-3-5-13(12)8-14/h6-8,11H,3-5,9-10H2,1-2H3,(H,17,19)(H,20,21). The van der Waals surface area contributed by atoms with E-state index in [9.17, 15) is 9.59 Å². The van der Waals surface area contributed by atoms with E-state index in [-0.39, 0.29) is 12.5 Å². The lowest BCUT2D eigenvalue weighted by molar-refractivity contribution is -0.141. The number of aryl methyl sites for hydroxylation is 2. The summed E-state index contributed by atoms with van der Waals surface area (Å²) < 4.78 is 0. The van der Waals surface area contributed by atoms with Crippen LogP contribution in [0, 0.1) is 5.92 Å². The number of anilines is 1. The van der Waals surface area contributed by atoms with E-state index in [1.807, 2.05) is 12.1 Å². The van der Waals surface area contributed by atoms with Crippen LogP contribution in [0.4, 0.5) is 5.69 Å². The number of likely N-dealkylation sites (N-methyl/N-ethyl adjacent to an activating group) is 1. The summed E-state index contributed by atoms with van der Waals surface area (Å²) in [6.07, 6.45) is 3.39. The first-order valence-corrected chi connectivity index (χ1v) is 7.28. The van der Waals surface area contributed by atoms with Crippen LogP contribution in [-0.2, 0) is 22.4 Å². The Hall–Kier alpha value is -1.88. The van der Waals surface area contributed by atoms with Crippen LogP contribution in [0.15, 0.2) is 18.2 Å². The Morgan fingerprint density at radius 2 is 2.05 bits per heavy atom. The molecule has 21 heavy (non-hydrogen) atoms. The summed E-state index contributed by atoms with van der Waals surface area (Å²) in [5.41, 5.74) is 3.52. The molecule has 1 amide bonds. The fourth-order valence-electron chi connectivity index (χ4n) is 2.71. The molecule has 0 fully saturated rings. The van der Waals surface area contributed by atoms with Crippen LogP contribution in [0.2, 0.25) is 0 Å². The monoisotopic (exact) mass is 290 g/mol. The topological polar surface area (TPSA) is 69.6 Å². The first-order valence-electron chi connectivity index (χ1n) is 7.28. The lowest BCUT2D eigenvalue weighted by atomic mass is 10.1. The zero-order chi connectivity index (χ0) is 15.4. The summed E-state index contributed by atoms with van der Waals surface area (Å²) in [6.45, 7) is 2.18. The second-order valence-corrected chi connectivity index (χ2v) is 5.82. The van der Waals surface area contributed by atoms with Crippen molar-refractivity contribution in [2.45, 2.75) is 26.2 Å². The van der Waals surface area contributed by atoms with E-state index >= 15 is 0 Å². The highest BCUT2D eigenvalue weighted by Crippen LogP contribution is 2.24. The normalized spacial score (nSPS) is 14.8. The molecule has 1 unspecified atom stereocenters. The minimum atomic E-state index is -0.846. The highest BCUT2D eigenvalue weighted by atomic mass is 16.4. The summed E-state index contributed by atoms with van der Waals surface area (Å²) in [5, 5.41) is 11.7. The lowest BCUT2D eigenvalue weighted by Crippen LogP contribution is -2.35. The van der Waals surface area contributed by atoms with E-state index in [4.69, 9.17) is 5.11 Å². The van der Waals surface area contributed by atoms with Crippen LogP contribution in [0.3, 0.4) is 0 Å². The van der Waals surface area contributed by atoms with Crippen molar-refractivity contribution >= 4 is 17.6 Å². The Bertz CT molecular complexity index is 542. The summed E-state index contributed by atoms with van der Waals surface area (Å²) in [5.74, 6) is -1.45. The maximum atomic E-state index is 12.0. The summed E-state index contributed by atoms with van der Waals surface area (Å²) in [4.78, 5) is 24.5. The smallest absolute Gasteiger partial charge is 0.307 e. The molecular formula is C16H22N2O3. The average Bonchev–Trinajstić information content (AvgIpc) is 2.85. The Balaban J connectivity index is 1.85. The van der Waals surface area contributed by atoms with Crippen LogP contribution in [0.25, 0.3) is 0 Å². The molecule has 114 valence electrons. The maximum Gasteiger partial charge on any atom is 0.307 e. The fraction of sp³-hybridized carbons (Fsp3) is 0.500. The first kappa shape index (κ1) is 15.5. The molecule has 1 aromatic carbocycles. The SMILES string of the molecule is CC(CN(C)CC(=O)Nc1ccc2c(c1)CCC2)C(=O)O. The highest BCUT2D eigenvalue weighted by molar-refractivity contribution is 5.92. The van der Waals surface area contributed by atoms with Crippen molar-refractivity contribution in [2.24, 2.45) is 5.92 Å². The molecule has 1 aliphatic carbocycles. The van der Waals surface area contributed by atoms with Gasteiger partial charge < -0.3 is 10.4 Å². The van der Waals surface area contributed by atoms with Crippen molar-refractivity contribution in [3.8, 4) is 0 Å². The molecule has 1 aromatic rings. The number of benzene rings is 1. The number of fused-ring (bicyclic) bond motifs is 1. The Morgan fingerprint density at radius 1 is 1.33 bits per heavy atom. The molecule has 0 bridgehead atoms. The van der Waals surface area contributed by atoms with Crippen molar-refractivity contribution in [3.05, 3.63) is 29.3 Å². The highest BCUT2D eigenvalue weighted by Gasteiger charge is 2.16. The van der Waals surface area contributed by atoms with Crippen molar-refractivity contribution in [3.63, 3.8) is 0 Å². The van der Waals surface area contributed by atoms with E-state index in [2.05, 4.69) is 11.4 Å². The molecule has 0 radical (unpaired) electrons. The third kappa shape index (κ3) is 4.29. The molecule has 1 atom stereocenters. The molecule has 5 heteroatoms. The Kier molecular flexibility index (Phi) is 4.96. The molecule has 0 spiro atoms. The van der Waals surface area contributed by atoms with Gasteiger partial charge in [-0.2, -0.15) is 0 Å². The van der Waals surface area contributed by atoms with Gasteiger partial charge in [0.1, 0.15) is 0 Å². The van der Waals surface area contributed by atoms with Gasteiger partial charge in [0, 0.05) is 12.2 Å². The van der Waals surface area contributed by atoms with Gasteiger partial charge in [-0.1, -0.05) is 13.0 Å². The third-order valence-corrected chi connectivity index (χ3v) is 3.80. The van der Waals surface area contributed by atoms with Crippen LogP contribution < -0.4 is 5.32 Å². The van der Waals surface area contributed by atoms with Crippen LogP contribution >= 0.6 is 0 Å². The van der Waals surface area contributed by atoms with Gasteiger partial charge in [-0.05, 0) is 49.6 Å². The number of carboxylic acid groups (broad SMARTS) is 1. The van der Waals surface area contributed by atoms with Crippen molar-refractivity contribution in [1.82, 2.24) is 4.90 Å². The largest absolute Gasteiger partial charge is 0.481 e. The van der Waals surface area contributed by atoms with Crippen molar-refractivity contribution < 1.29 is 14.7 Å². The van der Waals surface area contributed by atoms with Gasteiger partial charge in [0.05, 0.1) is 12.5 Å². The fourth-order valence-corrected chi connectivity index (χ4v) is 2.71. The number of hydrogen-bond acceptors (Lipinski definition) is 3. The summed E-state index contributed by atoms with van der Waals surface area (Å²) in [6, 6.07) is 6.05. The van der Waals surface area contributed by atoms with E-state index in [0.29, 0.717) is 6.54 Å². The number of rotatable bonds is 6. The van der Waals surface area contributed by atoms with Crippen LogP contribution in [-0.4, -0.2) is 42.0 Å².